The summed E-state index contributed by atoms with van der Waals surface area (Å²) in [5.74, 6) is 1.93. The van der Waals surface area contributed by atoms with Gasteiger partial charge in [0.25, 0.3) is 0 Å². The van der Waals surface area contributed by atoms with Gasteiger partial charge in [-0.2, -0.15) is 0 Å². The fourth-order valence-corrected chi connectivity index (χ4v) is 2.83. The van der Waals surface area contributed by atoms with E-state index in [0.717, 1.165) is 17.7 Å². The van der Waals surface area contributed by atoms with Gasteiger partial charge in [0.2, 0.25) is 18.6 Å². The van der Waals surface area contributed by atoms with Gasteiger partial charge in [-0.15, -0.1) is 0 Å². The van der Waals surface area contributed by atoms with Crippen LogP contribution in [0.5, 0.6) is 17.4 Å². The molecule has 7 nitrogen and oxygen atoms in total. The molecule has 128 valence electrons. The van der Waals surface area contributed by atoms with Crippen molar-refractivity contribution in [2.75, 3.05) is 19.9 Å². The van der Waals surface area contributed by atoms with E-state index in [-0.39, 0.29) is 18.8 Å². The summed E-state index contributed by atoms with van der Waals surface area (Å²) in [7, 11) is 0. The lowest BCUT2D eigenvalue weighted by Crippen LogP contribution is -2.29. The normalized spacial score (nSPS) is 18.7. The molecule has 0 bridgehead atoms. The summed E-state index contributed by atoms with van der Waals surface area (Å²) < 4.78 is 16.4. The summed E-state index contributed by atoms with van der Waals surface area (Å²) in [6.45, 7) is 1.46. The van der Waals surface area contributed by atoms with E-state index >= 15 is 0 Å². The van der Waals surface area contributed by atoms with E-state index in [4.69, 9.17) is 14.2 Å². The first-order valence-electron chi connectivity index (χ1n) is 8.07. The minimum Gasteiger partial charge on any atom is -0.472 e. The molecule has 1 fully saturated rings. The third-order valence-corrected chi connectivity index (χ3v) is 4.11. The van der Waals surface area contributed by atoms with Crippen LogP contribution >= 0.6 is 0 Å². The second kappa shape index (κ2) is 6.80. The number of carbonyl (C=O) groups is 1. The summed E-state index contributed by atoms with van der Waals surface area (Å²) in [6.07, 6.45) is 7.18. The molecule has 2 aliphatic rings. The second-order valence-corrected chi connectivity index (χ2v) is 5.81. The standard InChI is InChI=1S/C18H17N3O4/c22-18(4-2-13-1-3-15-16(9-13)24-12-23-15)21-8-6-14(10-21)25-17-5-7-19-11-20-17/h1-5,7,9,11,14H,6,8,10,12H2/b4-2+/t14-/m0/s1. The number of rotatable bonds is 4. The van der Waals surface area contributed by atoms with Crippen molar-refractivity contribution in [3.63, 3.8) is 0 Å². The van der Waals surface area contributed by atoms with Crippen molar-refractivity contribution < 1.29 is 19.0 Å². The number of ether oxygens (including phenoxy) is 3. The van der Waals surface area contributed by atoms with Crippen molar-refractivity contribution in [2.24, 2.45) is 0 Å². The lowest BCUT2D eigenvalue weighted by Gasteiger charge is -2.15. The molecule has 4 rings (SSSR count). The Balaban J connectivity index is 1.34. The maximum Gasteiger partial charge on any atom is 0.246 e. The molecule has 1 aromatic carbocycles. The highest BCUT2D eigenvalue weighted by atomic mass is 16.7. The number of likely N-dealkylation sites (tertiary alicyclic amines) is 1. The van der Waals surface area contributed by atoms with E-state index in [9.17, 15) is 4.79 Å². The van der Waals surface area contributed by atoms with Crippen molar-refractivity contribution >= 4 is 12.0 Å². The predicted octanol–water partition coefficient (Wildman–Crippen LogP) is 1.90. The maximum absolute atomic E-state index is 12.4. The first-order valence-corrected chi connectivity index (χ1v) is 8.07. The van der Waals surface area contributed by atoms with Crippen molar-refractivity contribution in [1.82, 2.24) is 14.9 Å². The SMILES string of the molecule is O=C(/C=C/c1ccc2c(c1)OCO2)N1CC[C@H](Oc2ccncn2)C1. The molecule has 0 radical (unpaired) electrons. The fraction of sp³-hybridized carbons (Fsp3) is 0.278. The summed E-state index contributed by atoms with van der Waals surface area (Å²) in [5, 5.41) is 0. The highest BCUT2D eigenvalue weighted by Crippen LogP contribution is 2.32. The van der Waals surface area contributed by atoms with Gasteiger partial charge in [0.15, 0.2) is 11.5 Å². The van der Waals surface area contributed by atoms with Crippen LogP contribution in [0.25, 0.3) is 6.08 Å². The van der Waals surface area contributed by atoms with Gasteiger partial charge in [0, 0.05) is 31.3 Å². The monoisotopic (exact) mass is 339 g/mol. The zero-order valence-electron chi connectivity index (χ0n) is 13.5. The van der Waals surface area contributed by atoms with Gasteiger partial charge in [-0.3, -0.25) is 4.79 Å². The van der Waals surface area contributed by atoms with Gasteiger partial charge in [-0.1, -0.05) is 6.07 Å². The molecule has 0 spiro atoms. The predicted molar refractivity (Wildman–Crippen MR) is 89.2 cm³/mol. The number of nitrogens with zero attached hydrogens (tertiary/aromatic N) is 3. The Hall–Kier alpha value is -3.09. The van der Waals surface area contributed by atoms with Gasteiger partial charge in [-0.05, 0) is 23.8 Å². The Morgan fingerprint density at radius 3 is 3.08 bits per heavy atom. The molecule has 0 saturated carbocycles. The highest BCUT2D eigenvalue weighted by molar-refractivity contribution is 5.92. The molecule has 2 aromatic rings. The summed E-state index contributed by atoms with van der Waals surface area (Å²) >= 11 is 0. The molecule has 3 heterocycles. The second-order valence-electron chi connectivity index (χ2n) is 5.81. The number of fused-ring (bicyclic) bond motifs is 1. The van der Waals surface area contributed by atoms with Crippen LogP contribution in [0.4, 0.5) is 0 Å². The maximum atomic E-state index is 12.4. The third kappa shape index (κ3) is 3.55. The first kappa shape index (κ1) is 15.4. The lowest BCUT2D eigenvalue weighted by atomic mass is 10.2. The van der Waals surface area contributed by atoms with Crippen molar-refractivity contribution in [3.8, 4) is 17.4 Å². The van der Waals surface area contributed by atoms with Crippen LogP contribution in [0.1, 0.15) is 12.0 Å². The van der Waals surface area contributed by atoms with E-state index < -0.39 is 0 Å². The van der Waals surface area contributed by atoms with E-state index in [1.165, 1.54) is 6.33 Å². The zero-order chi connectivity index (χ0) is 17.1. The number of hydrogen-bond acceptors (Lipinski definition) is 6. The van der Waals surface area contributed by atoms with Gasteiger partial charge >= 0.3 is 0 Å². The first-order chi connectivity index (χ1) is 12.3. The number of aromatic nitrogens is 2. The average Bonchev–Trinajstić information content (AvgIpc) is 3.29. The Labute approximate surface area is 144 Å². The summed E-state index contributed by atoms with van der Waals surface area (Å²) in [5.41, 5.74) is 0.894. The molecule has 25 heavy (non-hydrogen) atoms. The Morgan fingerprint density at radius 2 is 2.20 bits per heavy atom. The van der Waals surface area contributed by atoms with Gasteiger partial charge in [-0.25, -0.2) is 9.97 Å². The largest absolute Gasteiger partial charge is 0.472 e. The smallest absolute Gasteiger partial charge is 0.246 e. The summed E-state index contributed by atoms with van der Waals surface area (Å²) in [4.78, 5) is 22.0. The Kier molecular flexibility index (Phi) is 4.20. The number of benzene rings is 1. The van der Waals surface area contributed by atoms with Crippen molar-refractivity contribution in [1.29, 1.82) is 0 Å². The van der Waals surface area contributed by atoms with Crippen LogP contribution in [0.3, 0.4) is 0 Å². The average molecular weight is 339 g/mol. The Bertz CT molecular complexity index is 794. The van der Waals surface area contributed by atoms with Crippen LogP contribution in [-0.4, -0.2) is 46.8 Å². The topological polar surface area (TPSA) is 73.8 Å². The number of hydrogen-bond donors (Lipinski definition) is 0. The van der Waals surface area contributed by atoms with Crippen LogP contribution < -0.4 is 14.2 Å². The minimum absolute atomic E-state index is 0.0357. The van der Waals surface area contributed by atoms with Gasteiger partial charge < -0.3 is 19.1 Å². The minimum atomic E-state index is -0.0437. The van der Waals surface area contributed by atoms with E-state index in [1.54, 1.807) is 29.3 Å². The van der Waals surface area contributed by atoms with E-state index in [1.807, 2.05) is 18.2 Å². The number of carbonyl (C=O) groups excluding carboxylic acids is 1. The molecule has 7 heteroatoms. The molecule has 0 unspecified atom stereocenters. The van der Waals surface area contributed by atoms with Crippen LogP contribution in [0, 0.1) is 0 Å². The Morgan fingerprint density at radius 1 is 1.28 bits per heavy atom. The summed E-state index contributed by atoms with van der Waals surface area (Å²) in [6, 6.07) is 7.30. The molecule has 1 amide bonds. The molecule has 1 saturated heterocycles. The van der Waals surface area contributed by atoms with Crippen molar-refractivity contribution in [2.45, 2.75) is 12.5 Å². The van der Waals surface area contributed by atoms with Crippen LogP contribution in [0.2, 0.25) is 0 Å². The zero-order valence-corrected chi connectivity index (χ0v) is 13.5. The van der Waals surface area contributed by atoms with Crippen LogP contribution in [-0.2, 0) is 4.79 Å². The lowest BCUT2D eigenvalue weighted by molar-refractivity contribution is -0.125. The molecule has 1 aromatic heterocycles. The fourth-order valence-electron chi connectivity index (χ4n) is 2.83. The molecule has 0 N–H and O–H groups in total. The quantitative estimate of drug-likeness (QED) is 0.792. The van der Waals surface area contributed by atoms with Crippen LogP contribution in [0.15, 0.2) is 42.9 Å². The molecule has 1 atom stereocenters. The molecule has 0 aliphatic carbocycles. The van der Waals surface area contributed by atoms with E-state index in [2.05, 4.69) is 9.97 Å². The molecule has 2 aliphatic heterocycles. The van der Waals surface area contributed by atoms with Gasteiger partial charge in [0.05, 0.1) is 6.54 Å². The van der Waals surface area contributed by atoms with Gasteiger partial charge in [0.1, 0.15) is 12.4 Å². The van der Waals surface area contributed by atoms with Crippen molar-refractivity contribution in [3.05, 3.63) is 48.4 Å². The third-order valence-electron chi connectivity index (χ3n) is 4.11. The molecular weight excluding hydrogens is 322 g/mol. The van der Waals surface area contributed by atoms with E-state index in [0.29, 0.717) is 24.7 Å². The highest BCUT2D eigenvalue weighted by Gasteiger charge is 2.26. The molecular formula is C18H17N3O4. The number of amides is 1.